The Hall–Kier alpha value is -1.23. The number of ether oxygens (including phenoxy) is 1. The van der Waals surface area contributed by atoms with Gasteiger partial charge in [0.1, 0.15) is 0 Å². The minimum Gasteiger partial charge on any atom is -0.384 e. The van der Waals surface area contributed by atoms with Crippen LogP contribution in [0.2, 0.25) is 0 Å². The summed E-state index contributed by atoms with van der Waals surface area (Å²) in [7, 11) is 1.73. The highest BCUT2D eigenvalue weighted by molar-refractivity contribution is 7.12. The third-order valence-electron chi connectivity index (χ3n) is 3.09. The molecule has 3 nitrogen and oxygen atoms in total. The van der Waals surface area contributed by atoms with Crippen molar-refractivity contribution < 1.29 is 4.74 Å². The van der Waals surface area contributed by atoms with Crippen molar-refractivity contribution in [2.24, 2.45) is 0 Å². The minimum absolute atomic E-state index is 0.731. The van der Waals surface area contributed by atoms with Crippen LogP contribution in [0.4, 0.5) is 0 Å². The van der Waals surface area contributed by atoms with Crippen molar-refractivity contribution in [1.29, 1.82) is 0 Å². The number of methoxy groups -OCH3 is 1. The Balaban J connectivity index is 2.20. The molecule has 0 aliphatic heterocycles. The van der Waals surface area contributed by atoms with Gasteiger partial charge in [-0.05, 0) is 13.0 Å². The van der Waals surface area contributed by atoms with Crippen molar-refractivity contribution in [2.45, 2.75) is 19.8 Å². The number of aromatic nitrogens is 1. The van der Waals surface area contributed by atoms with E-state index in [0.29, 0.717) is 0 Å². The zero-order valence-corrected chi connectivity index (χ0v) is 13.0. The van der Waals surface area contributed by atoms with E-state index in [4.69, 9.17) is 9.72 Å². The molecule has 0 bridgehead atoms. The standard InChI is InChI=1S/C16H22N2OS/c1-3-17-11-9-14-16(13-7-5-4-6-8-13)18-15(20-14)10-12-19-2/h4-8,17H,3,9-12H2,1-2H3. The average molecular weight is 290 g/mol. The third kappa shape index (κ3) is 4.13. The van der Waals surface area contributed by atoms with Crippen LogP contribution >= 0.6 is 11.3 Å². The molecule has 0 unspecified atom stereocenters. The van der Waals surface area contributed by atoms with Crippen molar-refractivity contribution in [1.82, 2.24) is 10.3 Å². The molecular weight excluding hydrogens is 268 g/mol. The molecule has 1 N–H and O–H groups in total. The predicted octanol–water partition coefficient (Wildman–Crippen LogP) is 3.15. The lowest BCUT2D eigenvalue weighted by Gasteiger charge is -2.03. The van der Waals surface area contributed by atoms with Crippen molar-refractivity contribution in [2.75, 3.05) is 26.8 Å². The van der Waals surface area contributed by atoms with Crippen molar-refractivity contribution >= 4 is 11.3 Å². The zero-order valence-electron chi connectivity index (χ0n) is 12.2. The summed E-state index contributed by atoms with van der Waals surface area (Å²) in [5.41, 5.74) is 2.35. The summed E-state index contributed by atoms with van der Waals surface area (Å²) in [5, 5.41) is 4.55. The van der Waals surface area contributed by atoms with E-state index >= 15 is 0 Å². The summed E-state index contributed by atoms with van der Waals surface area (Å²) in [4.78, 5) is 6.17. The fourth-order valence-corrected chi connectivity index (χ4v) is 3.14. The van der Waals surface area contributed by atoms with Gasteiger partial charge < -0.3 is 10.1 Å². The lowest BCUT2D eigenvalue weighted by atomic mass is 10.1. The fourth-order valence-electron chi connectivity index (χ4n) is 2.07. The number of thiazole rings is 1. The van der Waals surface area contributed by atoms with E-state index in [-0.39, 0.29) is 0 Å². The maximum atomic E-state index is 5.15. The van der Waals surface area contributed by atoms with Crippen LogP contribution in [-0.4, -0.2) is 31.8 Å². The van der Waals surface area contributed by atoms with E-state index in [1.165, 1.54) is 10.4 Å². The molecule has 2 rings (SSSR count). The van der Waals surface area contributed by atoms with Crippen LogP contribution in [0.25, 0.3) is 11.3 Å². The number of rotatable bonds is 8. The van der Waals surface area contributed by atoms with Gasteiger partial charge in [0.25, 0.3) is 0 Å². The molecule has 0 fully saturated rings. The summed E-state index contributed by atoms with van der Waals surface area (Å²) in [6.07, 6.45) is 1.92. The lowest BCUT2D eigenvalue weighted by Crippen LogP contribution is -2.15. The molecule has 2 aromatic rings. The first-order valence-corrected chi connectivity index (χ1v) is 7.90. The molecule has 0 amide bonds. The van der Waals surface area contributed by atoms with Gasteiger partial charge in [0.15, 0.2) is 0 Å². The lowest BCUT2D eigenvalue weighted by molar-refractivity contribution is 0.202. The number of hydrogen-bond donors (Lipinski definition) is 1. The Labute approximate surface area is 125 Å². The maximum Gasteiger partial charge on any atom is 0.0958 e. The average Bonchev–Trinajstić information content (AvgIpc) is 2.89. The van der Waals surface area contributed by atoms with Crippen LogP contribution in [0, 0.1) is 0 Å². The molecule has 4 heteroatoms. The third-order valence-corrected chi connectivity index (χ3v) is 4.26. The zero-order chi connectivity index (χ0) is 14.2. The minimum atomic E-state index is 0.731. The molecule has 0 spiro atoms. The molecule has 0 atom stereocenters. The highest BCUT2D eigenvalue weighted by atomic mass is 32.1. The predicted molar refractivity (Wildman–Crippen MR) is 85.4 cm³/mol. The molecule has 0 saturated carbocycles. The Morgan fingerprint density at radius 2 is 2.00 bits per heavy atom. The molecule has 0 radical (unpaired) electrons. The summed E-state index contributed by atoms with van der Waals surface area (Å²) in [5.74, 6) is 0. The largest absolute Gasteiger partial charge is 0.384 e. The summed E-state index contributed by atoms with van der Waals surface area (Å²) < 4.78 is 5.15. The van der Waals surface area contributed by atoms with Crippen LogP contribution in [0.5, 0.6) is 0 Å². The van der Waals surface area contributed by atoms with Crippen molar-refractivity contribution in [3.63, 3.8) is 0 Å². The quantitative estimate of drug-likeness (QED) is 0.758. The van der Waals surface area contributed by atoms with Gasteiger partial charge >= 0.3 is 0 Å². The topological polar surface area (TPSA) is 34.1 Å². The molecule has 108 valence electrons. The van der Waals surface area contributed by atoms with E-state index in [0.717, 1.165) is 43.2 Å². The number of hydrogen-bond acceptors (Lipinski definition) is 4. The number of likely N-dealkylation sites (N-methyl/N-ethyl adjacent to an activating group) is 1. The van der Waals surface area contributed by atoms with Gasteiger partial charge in [-0.25, -0.2) is 4.98 Å². The van der Waals surface area contributed by atoms with Crippen LogP contribution in [0.3, 0.4) is 0 Å². The Kier molecular flexibility index (Phi) is 6.18. The molecule has 1 aromatic carbocycles. The van der Waals surface area contributed by atoms with Gasteiger partial charge in [0.2, 0.25) is 0 Å². The van der Waals surface area contributed by atoms with Gasteiger partial charge in [-0.2, -0.15) is 0 Å². The van der Waals surface area contributed by atoms with Gasteiger partial charge in [-0.15, -0.1) is 11.3 Å². The van der Waals surface area contributed by atoms with E-state index in [1.807, 2.05) is 17.4 Å². The second kappa shape index (κ2) is 8.15. The van der Waals surface area contributed by atoms with Crippen LogP contribution in [0.1, 0.15) is 16.8 Å². The highest BCUT2D eigenvalue weighted by Crippen LogP contribution is 2.28. The Morgan fingerprint density at radius 3 is 2.70 bits per heavy atom. The summed E-state index contributed by atoms with van der Waals surface area (Å²) >= 11 is 1.81. The van der Waals surface area contributed by atoms with Crippen LogP contribution in [-0.2, 0) is 17.6 Å². The van der Waals surface area contributed by atoms with Gasteiger partial charge in [0, 0.05) is 30.5 Å². The SMILES string of the molecule is CCNCCc1sc(CCOC)nc1-c1ccccc1. The van der Waals surface area contributed by atoms with E-state index in [2.05, 4.69) is 36.5 Å². The van der Waals surface area contributed by atoms with E-state index in [9.17, 15) is 0 Å². The number of benzene rings is 1. The second-order valence-electron chi connectivity index (χ2n) is 4.59. The number of nitrogens with one attached hydrogen (secondary N) is 1. The molecular formula is C16H22N2OS. The van der Waals surface area contributed by atoms with Crippen LogP contribution in [0.15, 0.2) is 30.3 Å². The van der Waals surface area contributed by atoms with Crippen molar-refractivity contribution in [3.05, 3.63) is 40.2 Å². The van der Waals surface area contributed by atoms with Gasteiger partial charge in [0.05, 0.1) is 17.3 Å². The Bertz CT molecular complexity index is 510. The van der Waals surface area contributed by atoms with E-state index < -0.39 is 0 Å². The monoisotopic (exact) mass is 290 g/mol. The summed E-state index contributed by atoms with van der Waals surface area (Å²) in [6, 6.07) is 10.4. The number of nitrogens with zero attached hydrogens (tertiary/aromatic N) is 1. The fraction of sp³-hybridized carbons (Fsp3) is 0.438. The molecule has 0 saturated heterocycles. The summed E-state index contributed by atoms with van der Waals surface area (Å²) in [6.45, 7) is 4.88. The maximum absolute atomic E-state index is 5.15. The normalized spacial score (nSPS) is 10.9. The van der Waals surface area contributed by atoms with Crippen LogP contribution < -0.4 is 5.32 Å². The second-order valence-corrected chi connectivity index (χ2v) is 5.76. The van der Waals surface area contributed by atoms with Gasteiger partial charge in [-0.3, -0.25) is 0 Å². The first-order valence-electron chi connectivity index (χ1n) is 7.08. The molecule has 1 heterocycles. The van der Waals surface area contributed by atoms with Gasteiger partial charge in [-0.1, -0.05) is 37.3 Å². The molecule has 0 aliphatic rings. The first-order chi connectivity index (χ1) is 9.85. The molecule has 20 heavy (non-hydrogen) atoms. The van der Waals surface area contributed by atoms with E-state index in [1.54, 1.807) is 7.11 Å². The first kappa shape index (κ1) is 15.2. The molecule has 1 aromatic heterocycles. The smallest absolute Gasteiger partial charge is 0.0958 e. The molecule has 0 aliphatic carbocycles. The van der Waals surface area contributed by atoms with Crippen molar-refractivity contribution in [3.8, 4) is 11.3 Å². The highest BCUT2D eigenvalue weighted by Gasteiger charge is 2.12. The Morgan fingerprint density at radius 1 is 1.20 bits per heavy atom.